The minimum atomic E-state index is -1.37. The van der Waals surface area contributed by atoms with Crippen LogP contribution in [-0.4, -0.2) is 16.2 Å². The van der Waals surface area contributed by atoms with Crippen LogP contribution in [-0.2, 0) is 10.3 Å². The Balaban J connectivity index is 1.95. The molecule has 28 heavy (non-hydrogen) atoms. The van der Waals surface area contributed by atoms with Crippen LogP contribution in [0, 0.1) is 0 Å². The summed E-state index contributed by atoms with van der Waals surface area (Å²) in [7, 11) is 0. The van der Waals surface area contributed by atoms with Crippen LogP contribution in [0.5, 0.6) is 23.0 Å². The number of halogens is 2. The second-order valence-electron chi connectivity index (χ2n) is 6.61. The molecule has 0 bridgehead atoms. The maximum Gasteiger partial charge on any atom is 0.340 e. The Kier molecular flexibility index (Phi) is 3.57. The van der Waals surface area contributed by atoms with Gasteiger partial charge >= 0.3 is 5.97 Å². The number of ether oxygens (including phenoxy) is 2. The van der Waals surface area contributed by atoms with Gasteiger partial charge in [-0.05, 0) is 24.3 Å². The van der Waals surface area contributed by atoms with Crippen molar-refractivity contribution in [2.75, 3.05) is 0 Å². The van der Waals surface area contributed by atoms with E-state index in [0.29, 0.717) is 33.6 Å². The normalized spacial score (nSPS) is 19.0. The van der Waals surface area contributed by atoms with Crippen molar-refractivity contribution in [3.63, 3.8) is 0 Å². The van der Waals surface area contributed by atoms with Crippen molar-refractivity contribution >= 4 is 29.2 Å². The van der Waals surface area contributed by atoms with Gasteiger partial charge in [0.1, 0.15) is 27.8 Å². The molecule has 0 aliphatic carbocycles. The first-order valence-electron chi connectivity index (χ1n) is 8.41. The van der Waals surface area contributed by atoms with E-state index in [-0.39, 0.29) is 17.2 Å². The minimum Gasteiger partial charge on any atom is -0.508 e. The average Bonchev–Trinajstić information content (AvgIpc) is 2.94. The van der Waals surface area contributed by atoms with Gasteiger partial charge in [-0.15, -0.1) is 23.2 Å². The number of hydrogen-bond donors (Lipinski definition) is 2. The molecule has 1 atom stereocenters. The number of hydrogen-bond acceptors (Lipinski definition) is 5. The number of carbonyl (C=O) groups excluding carboxylic acids is 1. The SMILES string of the molecule is O=C1OC2(c3ccc(O)cc3Oc3cc(O)cc(C(Cl)Cl)c32)c2ccccc21. The van der Waals surface area contributed by atoms with Crippen LogP contribution in [0.3, 0.4) is 0 Å². The fraction of sp³-hybridized carbons (Fsp3) is 0.0952. The second-order valence-corrected chi connectivity index (χ2v) is 7.70. The number of phenols is 2. The zero-order valence-corrected chi connectivity index (χ0v) is 15.7. The van der Waals surface area contributed by atoms with Gasteiger partial charge in [0.2, 0.25) is 0 Å². The highest BCUT2D eigenvalue weighted by Gasteiger charge is 2.55. The van der Waals surface area contributed by atoms with E-state index in [1.807, 2.05) is 0 Å². The minimum absolute atomic E-state index is 0.0112. The van der Waals surface area contributed by atoms with E-state index in [0.717, 1.165) is 0 Å². The molecule has 3 aromatic carbocycles. The highest BCUT2D eigenvalue weighted by molar-refractivity contribution is 6.44. The van der Waals surface area contributed by atoms with E-state index >= 15 is 0 Å². The van der Waals surface area contributed by atoms with E-state index in [1.54, 1.807) is 30.3 Å². The molecule has 2 N–H and O–H groups in total. The molecule has 2 heterocycles. The Morgan fingerprint density at radius 3 is 2.43 bits per heavy atom. The van der Waals surface area contributed by atoms with Crippen LogP contribution in [0.4, 0.5) is 0 Å². The fourth-order valence-electron chi connectivity index (χ4n) is 3.99. The lowest BCUT2D eigenvalue weighted by molar-refractivity contribution is 0.0222. The molecule has 2 aliphatic heterocycles. The van der Waals surface area contributed by atoms with E-state index < -0.39 is 16.4 Å². The number of alkyl halides is 2. The third-order valence-corrected chi connectivity index (χ3v) is 5.51. The number of carbonyl (C=O) groups is 1. The van der Waals surface area contributed by atoms with Gasteiger partial charge in [-0.25, -0.2) is 4.79 Å². The molecule has 5 nitrogen and oxygen atoms in total. The molecule has 5 rings (SSSR count). The molecule has 0 saturated heterocycles. The molecule has 0 fully saturated rings. The van der Waals surface area contributed by atoms with Crippen LogP contribution in [0.2, 0.25) is 0 Å². The van der Waals surface area contributed by atoms with Crippen LogP contribution in [0.1, 0.15) is 37.4 Å². The van der Waals surface area contributed by atoms with Crippen LogP contribution in [0.25, 0.3) is 0 Å². The van der Waals surface area contributed by atoms with Crippen molar-refractivity contribution in [1.29, 1.82) is 0 Å². The monoisotopic (exact) mass is 414 g/mol. The Morgan fingerprint density at radius 1 is 0.893 bits per heavy atom. The standard InChI is InChI=1S/C21H12Cl2O5/c22-19(23)13-7-11(25)9-17-18(13)21(15-6-5-10(24)8-16(15)27-17)14-4-2-1-3-12(14)20(26)28-21/h1-9,19,24-25H. The van der Waals surface area contributed by atoms with Gasteiger partial charge in [0.15, 0.2) is 5.60 Å². The Hall–Kier alpha value is -2.89. The molecule has 2 aliphatic rings. The molecule has 0 saturated carbocycles. The van der Waals surface area contributed by atoms with Crippen LogP contribution < -0.4 is 4.74 Å². The molecular formula is C21H12Cl2O5. The summed E-state index contributed by atoms with van der Waals surface area (Å²) in [5.74, 6) is -0.0698. The van der Waals surface area contributed by atoms with Crippen molar-refractivity contribution in [2.24, 2.45) is 0 Å². The molecule has 3 aromatic rings. The zero-order valence-electron chi connectivity index (χ0n) is 14.1. The quantitative estimate of drug-likeness (QED) is 0.425. The number of aromatic hydroxyl groups is 2. The number of esters is 1. The third-order valence-electron chi connectivity index (χ3n) is 5.04. The average molecular weight is 415 g/mol. The topological polar surface area (TPSA) is 76.0 Å². The molecule has 0 aromatic heterocycles. The summed E-state index contributed by atoms with van der Waals surface area (Å²) in [6.45, 7) is 0. The Labute approximate surface area is 169 Å². The number of phenolic OH excluding ortho intramolecular Hbond substituents is 2. The maximum atomic E-state index is 12.7. The summed E-state index contributed by atoms with van der Waals surface area (Å²) >= 11 is 12.4. The molecule has 7 heteroatoms. The van der Waals surface area contributed by atoms with Gasteiger partial charge in [0.25, 0.3) is 0 Å². The number of benzene rings is 3. The van der Waals surface area contributed by atoms with Crippen molar-refractivity contribution in [2.45, 2.75) is 10.4 Å². The summed E-state index contributed by atoms with van der Waals surface area (Å²) in [5, 5.41) is 20.1. The Bertz CT molecular complexity index is 1160. The lowest BCUT2D eigenvalue weighted by Crippen LogP contribution is -2.34. The molecular weight excluding hydrogens is 403 g/mol. The maximum absolute atomic E-state index is 12.7. The third kappa shape index (κ3) is 2.17. The highest BCUT2D eigenvalue weighted by atomic mass is 35.5. The number of fused-ring (bicyclic) bond motifs is 6. The first-order chi connectivity index (χ1) is 13.4. The van der Waals surface area contributed by atoms with E-state index in [4.69, 9.17) is 32.7 Å². The molecule has 140 valence electrons. The number of rotatable bonds is 1. The van der Waals surface area contributed by atoms with Gasteiger partial charge < -0.3 is 19.7 Å². The van der Waals surface area contributed by atoms with Crippen molar-refractivity contribution in [3.05, 3.63) is 82.4 Å². The summed E-state index contributed by atoms with van der Waals surface area (Å²) in [5.41, 5.74) is 0.983. The van der Waals surface area contributed by atoms with Gasteiger partial charge in [-0.2, -0.15) is 0 Å². The van der Waals surface area contributed by atoms with E-state index in [2.05, 4.69) is 0 Å². The molecule has 0 radical (unpaired) electrons. The van der Waals surface area contributed by atoms with Gasteiger partial charge in [0.05, 0.1) is 11.1 Å². The smallest absolute Gasteiger partial charge is 0.340 e. The fourth-order valence-corrected chi connectivity index (χ4v) is 4.34. The zero-order chi connectivity index (χ0) is 19.6. The van der Waals surface area contributed by atoms with Crippen molar-refractivity contribution in [1.82, 2.24) is 0 Å². The molecule has 0 amide bonds. The Morgan fingerprint density at radius 2 is 1.64 bits per heavy atom. The van der Waals surface area contributed by atoms with Crippen LogP contribution in [0.15, 0.2) is 54.6 Å². The van der Waals surface area contributed by atoms with Gasteiger partial charge in [-0.3, -0.25) is 0 Å². The van der Waals surface area contributed by atoms with E-state index in [1.165, 1.54) is 24.3 Å². The molecule has 1 unspecified atom stereocenters. The predicted molar refractivity (Wildman–Crippen MR) is 102 cm³/mol. The van der Waals surface area contributed by atoms with E-state index in [9.17, 15) is 15.0 Å². The van der Waals surface area contributed by atoms with Crippen LogP contribution >= 0.6 is 23.2 Å². The van der Waals surface area contributed by atoms with Gasteiger partial charge in [-0.1, -0.05) is 18.2 Å². The van der Waals surface area contributed by atoms with Gasteiger partial charge in [0, 0.05) is 28.8 Å². The summed E-state index contributed by atoms with van der Waals surface area (Å²) < 4.78 is 11.9. The summed E-state index contributed by atoms with van der Waals surface area (Å²) in [6, 6.07) is 14.4. The summed E-state index contributed by atoms with van der Waals surface area (Å²) in [4.78, 5) is 11.7. The van der Waals surface area contributed by atoms with Crippen molar-refractivity contribution in [3.8, 4) is 23.0 Å². The first kappa shape index (κ1) is 17.2. The summed E-state index contributed by atoms with van der Waals surface area (Å²) in [6.07, 6.45) is 0. The largest absolute Gasteiger partial charge is 0.508 e. The lowest BCUT2D eigenvalue weighted by atomic mass is 9.76. The first-order valence-corrected chi connectivity index (χ1v) is 9.29. The second kappa shape index (κ2) is 5.80. The lowest BCUT2D eigenvalue weighted by Gasteiger charge is -2.38. The molecule has 1 spiro atoms. The predicted octanol–water partition coefficient (Wildman–Crippen LogP) is 5.14. The highest BCUT2D eigenvalue weighted by Crippen LogP contribution is 2.59. The van der Waals surface area contributed by atoms with Crippen molar-refractivity contribution < 1.29 is 24.5 Å².